The third kappa shape index (κ3) is 6.06. The molecule has 1 atom stereocenters. The lowest BCUT2D eigenvalue weighted by molar-refractivity contribution is 0.116. The molecule has 0 heterocycles. The summed E-state index contributed by atoms with van der Waals surface area (Å²) in [7, 11) is -1.97. The van der Waals surface area contributed by atoms with Crippen LogP contribution >= 0.6 is 0 Å². The molecule has 0 saturated heterocycles. The average Bonchev–Trinajstić information content (AvgIpc) is 2.56. The maximum Gasteiger partial charge on any atom is 0.272 e. The molecule has 0 aromatic heterocycles. The minimum absolute atomic E-state index is 0.182. The van der Waals surface area contributed by atoms with E-state index in [4.69, 9.17) is 9.16 Å². The third-order valence-electron chi connectivity index (χ3n) is 4.83. The smallest absolute Gasteiger partial charge is 0.272 e. The van der Waals surface area contributed by atoms with Crippen LogP contribution in [0, 0.1) is 12.0 Å². The van der Waals surface area contributed by atoms with Crippen molar-refractivity contribution in [3.63, 3.8) is 0 Å². The Bertz CT molecular complexity index is 545. The van der Waals surface area contributed by atoms with Crippen molar-refractivity contribution < 1.29 is 9.16 Å². The van der Waals surface area contributed by atoms with Crippen molar-refractivity contribution in [3.05, 3.63) is 48.6 Å². The highest BCUT2D eigenvalue weighted by atomic mass is 28.4. The Kier molecular flexibility index (Phi) is 9.03. The third-order valence-corrected chi connectivity index (χ3v) is 10.7. The predicted octanol–water partition coefficient (Wildman–Crippen LogP) is 5.95. The van der Waals surface area contributed by atoms with Gasteiger partial charge in [-0.1, -0.05) is 78.0 Å². The SMILES string of the molecule is C=CCOC(C#CO[Si](C(C)C)(C(C)C)C(C)C)Cc1ccccc1. The molecule has 2 nitrogen and oxygen atoms in total. The van der Waals surface area contributed by atoms with Crippen LogP contribution in [0.1, 0.15) is 47.1 Å². The molecule has 0 saturated carbocycles. The van der Waals surface area contributed by atoms with Crippen LogP contribution in [0.25, 0.3) is 0 Å². The van der Waals surface area contributed by atoms with Crippen molar-refractivity contribution >= 4 is 8.32 Å². The zero-order chi connectivity index (χ0) is 18.9. The molecular formula is C22H34O2Si. The molecule has 0 aliphatic carbocycles. The van der Waals surface area contributed by atoms with Gasteiger partial charge in [0, 0.05) is 6.42 Å². The second kappa shape index (κ2) is 10.5. The summed E-state index contributed by atoms with van der Waals surface area (Å²) in [4.78, 5) is 0. The number of ether oxygens (including phenoxy) is 1. The van der Waals surface area contributed by atoms with E-state index >= 15 is 0 Å². The maximum absolute atomic E-state index is 6.33. The lowest BCUT2D eigenvalue weighted by Gasteiger charge is -2.39. The van der Waals surface area contributed by atoms with Gasteiger partial charge in [-0.3, -0.25) is 0 Å². The fraction of sp³-hybridized carbons (Fsp3) is 0.545. The van der Waals surface area contributed by atoms with Gasteiger partial charge in [-0.05, 0) is 28.1 Å². The zero-order valence-electron chi connectivity index (χ0n) is 16.7. The van der Waals surface area contributed by atoms with Crippen LogP contribution in [0.15, 0.2) is 43.0 Å². The van der Waals surface area contributed by atoms with Crippen molar-refractivity contribution in [1.82, 2.24) is 0 Å². The largest absolute Gasteiger partial charge is 0.499 e. The zero-order valence-corrected chi connectivity index (χ0v) is 17.7. The summed E-state index contributed by atoms with van der Waals surface area (Å²) < 4.78 is 12.2. The van der Waals surface area contributed by atoms with Gasteiger partial charge in [0.15, 0.2) is 0 Å². The first-order chi connectivity index (χ1) is 11.8. The van der Waals surface area contributed by atoms with Crippen LogP contribution in [0.2, 0.25) is 16.6 Å². The Labute approximate surface area is 155 Å². The van der Waals surface area contributed by atoms with Gasteiger partial charge in [0.05, 0.1) is 12.7 Å². The molecule has 0 aliphatic rings. The highest BCUT2D eigenvalue weighted by Crippen LogP contribution is 2.41. The molecule has 138 valence electrons. The molecule has 0 bridgehead atoms. The lowest BCUT2D eigenvalue weighted by atomic mass is 10.1. The Morgan fingerprint density at radius 2 is 1.56 bits per heavy atom. The first-order valence-electron chi connectivity index (χ1n) is 9.29. The number of rotatable bonds is 9. The summed E-state index contributed by atoms with van der Waals surface area (Å²) in [5, 5.41) is 0. The number of hydrogen-bond acceptors (Lipinski definition) is 2. The molecule has 0 amide bonds. The van der Waals surface area contributed by atoms with Crippen molar-refractivity contribution in [2.45, 2.75) is 70.7 Å². The predicted molar refractivity (Wildman–Crippen MR) is 110 cm³/mol. The van der Waals surface area contributed by atoms with E-state index in [0.717, 1.165) is 6.42 Å². The summed E-state index contributed by atoms with van der Waals surface area (Å²) in [6.45, 7) is 17.8. The van der Waals surface area contributed by atoms with Crippen molar-refractivity contribution in [2.75, 3.05) is 6.61 Å². The van der Waals surface area contributed by atoms with E-state index in [0.29, 0.717) is 23.2 Å². The second-order valence-electron chi connectivity index (χ2n) is 7.47. The van der Waals surface area contributed by atoms with Gasteiger partial charge < -0.3 is 9.16 Å². The summed E-state index contributed by atoms with van der Waals surface area (Å²) in [6, 6.07) is 10.3. The first-order valence-corrected chi connectivity index (χ1v) is 11.4. The van der Waals surface area contributed by atoms with Crippen molar-refractivity contribution in [3.8, 4) is 12.0 Å². The normalized spacial score (nSPS) is 12.8. The quantitative estimate of drug-likeness (QED) is 0.308. The van der Waals surface area contributed by atoms with Gasteiger partial charge >= 0.3 is 0 Å². The van der Waals surface area contributed by atoms with Crippen LogP contribution in [0.4, 0.5) is 0 Å². The van der Waals surface area contributed by atoms with E-state index < -0.39 is 8.32 Å². The molecule has 3 heteroatoms. The fourth-order valence-corrected chi connectivity index (χ4v) is 8.64. The van der Waals surface area contributed by atoms with Crippen LogP contribution in [-0.2, 0) is 15.6 Å². The molecule has 0 N–H and O–H groups in total. The second-order valence-corrected chi connectivity index (χ2v) is 12.8. The van der Waals surface area contributed by atoms with E-state index in [1.807, 2.05) is 18.2 Å². The first kappa shape index (κ1) is 21.5. The van der Waals surface area contributed by atoms with E-state index in [-0.39, 0.29) is 6.10 Å². The van der Waals surface area contributed by atoms with Crippen LogP contribution < -0.4 is 0 Å². The summed E-state index contributed by atoms with van der Waals surface area (Å²) >= 11 is 0. The Balaban J connectivity index is 2.94. The van der Waals surface area contributed by atoms with Gasteiger partial charge in [0.2, 0.25) is 0 Å². The Hall–Kier alpha value is -1.50. The number of hydrogen-bond donors (Lipinski definition) is 0. The molecule has 1 aromatic rings. The standard InChI is InChI=1S/C22H34O2Si/c1-8-15-23-22(17-21-12-10-9-11-13-21)14-16-24-25(18(2)3,19(4)5)20(6)7/h8-13,18-20,22H,1,15,17H2,2-7H3. The van der Waals surface area contributed by atoms with Gasteiger partial charge in [-0.2, -0.15) is 0 Å². The van der Waals surface area contributed by atoms with E-state index in [1.54, 1.807) is 6.08 Å². The number of benzene rings is 1. The highest BCUT2D eigenvalue weighted by molar-refractivity contribution is 6.77. The molecular weight excluding hydrogens is 324 g/mol. The van der Waals surface area contributed by atoms with Crippen LogP contribution in [-0.4, -0.2) is 21.0 Å². The molecule has 1 aromatic carbocycles. The van der Waals surface area contributed by atoms with E-state index in [2.05, 4.69) is 72.3 Å². The maximum atomic E-state index is 6.33. The van der Waals surface area contributed by atoms with Crippen LogP contribution in [0.5, 0.6) is 0 Å². The van der Waals surface area contributed by atoms with Gasteiger partial charge in [0.25, 0.3) is 8.32 Å². The minimum atomic E-state index is -1.97. The minimum Gasteiger partial charge on any atom is -0.499 e. The van der Waals surface area contributed by atoms with Gasteiger partial charge in [0.1, 0.15) is 6.10 Å². The van der Waals surface area contributed by atoms with Gasteiger partial charge in [-0.25, -0.2) is 0 Å². The van der Waals surface area contributed by atoms with Crippen molar-refractivity contribution in [1.29, 1.82) is 0 Å². The van der Waals surface area contributed by atoms with E-state index in [1.165, 1.54) is 5.56 Å². The van der Waals surface area contributed by atoms with Crippen LogP contribution in [0.3, 0.4) is 0 Å². The molecule has 25 heavy (non-hydrogen) atoms. The Morgan fingerprint density at radius 1 is 1.00 bits per heavy atom. The summed E-state index contributed by atoms with van der Waals surface area (Å²) in [6.07, 6.45) is 5.38. The van der Waals surface area contributed by atoms with E-state index in [9.17, 15) is 0 Å². The average molecular weight is 359 g/mol. The molecule has 0 radical (unpaired) electrons. The topological polar surface area (TPSA) is 18.5 Å². The van der Waals surface area contributed by atoms with Crippen molar-refractivity contribution in [2.24, 2.45) is 0 Å². The summed E-state index contributed by atoms with van der Waals surface area (Å²) in [5.74, 6) is 3.22. The molecule has 0 spiro atoms. The fourth-order valence-electron chi connectivity index (χ4n) is 3.70. The molecule has 1 unspecified atom stereocenters. The van der Waals surface area contributed by atoms with Gasteiger partial charge in [-0.15, -0.1) is 6.58 Å². The lowest BCUT2D eigenvalue weighted by Crippen LogP contribution is -2.46. The monoisotopic (exact) mass is 358 g/mol. The molecule has 0 aliphatic heterocycles. The Morgan fingerprint density at radius 3 is 2.04 bits per heavy atom. The summed E-state index contributed by atoms with van der Waals surface area (Å²) in [5.41, 5.74) is 2.77. The highest BCUT2D eigenvalue weighted by Gasteiger charge is 2.46. The molecule has 1 rings (SSSR count). The molecule has 0 fully saturated rings.